The van der Waals surface area contributed by atoms with E-state index in [0.717, 1.165) is 8.95 Å². The van der Waals surface area contributed by atoms with Gasteiger partial charge in [0.1, 0.15) is 6.61 Å². The number of nitrogens with two attached hydrogens (primary N) is 1. The third-order valence-electron chi connectivity index (χ3n) is 2.30. The number of nitrogens with zero attached hydrogens (tertiary/aromatic N) is 1. The fraction of sp³-hybridized carbons (Fsp3) is 0.0769. The van der Waals surface area contributed by atoms with Crippen LogP contribution in [-0.2, 0) is 11.3 Å². The summed E-state index contributed by atoms with van der Waals surface area (Å²) in [6.45, 7) is 0.124. The van der Waals surface area contributed by atoms with Crippen molar-refractivity contribution >= 4 is 43.5 Å². The van der Waals surface area contributed by atoms with E-state index in [1.165, 1.54) is 0 Å². The number of halogens is 2. The van der Waals surface area contributed by atoms with Gasteiger partial charge in [0.25, 0.3) is 0 Å². The Balaban J connectivity index is 2.03. The van der Waals surface area contributed by atoms with Crippen molar-refractivity contribution in [2.75, 3.05) is 5.73 Å². The first-order chi connectivity index (χ1) is 9.04. The average molecular weight is 386 g/mol. The molecule has 0 saturated carbocycles. The molecule has 2 aromatic rings. The summed E-state index contributed by atoms with van der Waals surface area (Å²) in [6, 6.07) is 8.57. The molecule has 0 aliphatic carbocycles. The van der Waals surface area contributed by atoms with Crippen LogP contribution in [0.15, 0.2) is 45.5 Å². The number of pyridine rings is 1. The van der Waals surface area contributed by atoms with Gasteiger partial charge in [-0.05, 0) is 46.3 Å². The zero-order valence-corrected chi connectivity index (χ0v) is 12.9. The fourth-order valence-electron chi connectivity index (χ4n) is 1.44. The van der Waals surface area contributed by atoms with Crippen molar-refractivity contribution in [1.29, 1.82) is 0 Å². The van der Waals surface area contributed by atoms with E-state index in [9.17, 15) is 4.79 Å². The second-order valence-corrected chi connectivity index (χ2v) is 5.65. The lowest BCUT2D eigenvalue weighted by Crippen LogP contribution is -2.06. The molecular weight excluding hydrogens is 376 g/mol. The maximum Gasteiger partial charge on any atom is 0.338 e. The molecule has 1 aromatic carbocycles. The Morgan fingerprint density at radius 2 is 2.00 bits per heavy atom. The zero-order chi connectivity index (χ0) is 13.8. The number of hydrogen-bond donors (Lipinski definition) is 1. The number of hydrogen-bond acceptors (Lipinski definition) is 4. The average Bonchev–Trinajstić information content (AvgIpc) is 2.36. The number of benzene rings is 1. The highest BCUT2D eigenvalue weighted by molar-refractivity contribution is 9.10. The molecule has 0 saturated heterocycles. The van der Waals surface area contributed by atoms with Gasteiger partial charge < -0.3 is 10.5 Å². The molecular formula is C13H10Br2N2O2. The topological polar surface area (TPSA) is 65.2 Å². The Labute approximate surface area is 127 Å². The number of nitrogen functional groups attached to an aromatic ring is 1. The molecule has 2 rings (SSSR count). The van der Waals surface area contributed by atoms with Crippen LogP contribution in [-0.4, -0.2) is 11.0 Å². The molecule has 0 radical (unpaired) electrons. The number of carbonyl (C=O) groups is 1. The van der Waals surface area contributed by atoms with E-state index in [1.54, 1.807) is 30.5 Å². The lowest BCUT2D eigenvalue weighted by Gasteiger charge is -2.06. The van der Waals surface area contributed by atoms with E-state index in [4.69, 9.17) is 10.5 Å². The Hall–Kier alpha value is -1.40. The lowest BCUT2D eigenvalue weighted by atomic mass is 10.2. The van der Waals surface area contributed by atoms with Crippen molar-refractivity contribution in [3.05, 3.63) is 56.7 Å². The minimum atomic E-state index is -0.433. The van der Waals surface area contributed by atoms with Gasteiger partial charge in [0, 0.05) is 20.8 Å². The van der Waals surface area contributed by atoms with E-state index in [-0.39, 0.29) is 6.61 Å². The van der Waals surface area contributed by atoms with E-state index >= 15 is 0 Å². The number of anilines is 1. The third-order valence-corrected chi connectivity index (χ3v) is 3.22. The summed E-state index contributed by atoms with van der Waals surface area (Å²) >= 11 is 6.57. The second-order valence-electron chi connectivity index (χ2n) is 3.82. The summed E-state index contributed by atoms with van der Waals surface area (Å²) in [4.78, 5) is 16.0. The first kappa shape index (κ1) is 14.0. The molecule has 1 heterocycles. The minimum Gasteiger partial charge on any atom is -0.456 e. The normalized spacial score (nSPS) is 10.2. The monoisotopic (exact) mass is 384 g/mol. The van der Waals surface area contributed by atoms with Crippen LogP contribution in [0.5, 0.6) is 0 Å². The highest BCUT2D eigenvalue weighted by Crippen LogP contribution is 2.18. The highest BCUT2D eigenvalue weighted by Gasteiger charge is 2.09. The molecule has 0 atom stereocenters. The predicted molar refractivity (Wildman–Crippen MR) is 79.6 cm³/mol. The molecule has 0 spiro atoms. The van der Waals surface area contributed by atoms with E-state index in [1.807, 2.05) is 6.07 Å². The van der Waals surface area contributed by atoms with Crippen LogP contribution in [0.2, 0.25) is 0 Å². The number of aromatic nitrogens is 1. The van der Waals surface area contributed by atoms with Gasteiger partial charge in [0.05, 0.1) is 11.3 Å². The molecule has 0 aliphatic heterocycles. The van der Waals surface area contributed by atoms with Crippen LogP contribution in [0, 0.1) is 0 Å². The standard InChI is InChI=1S/C13H10Br2N2O2/c14-9-1-2-12(17-6-9)7-19-13(18)8-3-10(15)5-11(16)4-8/h1-6H,7,16H2. The van der Waals surface area contributed by atoms with E-state index < -0.39 is 5.97 Å². The van der Waals surface area contributed by atoms with Crippen molar-refractivity contribution in [3.8, 4) is 0 Å². The Morgan fingerprint density at radius 3 is 2.63 bits per heavy atom. The second kappa shape index (κ2) is 6.16. The third kappa shape index (κ3) is 4.04. The number of rotatable bonds is 3. The molecule has 19 heavy (non-hydrogen) atoms. The van der Waals surface area contributed by atoms with E-state index in [0.29, 0.717) is 16.9 Å². The molecule has 0 fully saturated rings. The lowest BCUT2D eigenvalue weighted by molar-refractivity contribution is 0.0467. The Morgan fingerprint density at radius 1 is 1.21 bits per heavy atom. The molecule has 0 bridgehead atoms. The number of esters is 1. The molecule has 0 amide bonds. The maximum atomic E-state index is 11.9. The van der Waals surface area contributed by atoms with Gasteiger partial charge in [-0.15, -0.1) is 0 Å². The van der Waals surface area contributed by atoms with Crippen LogP contribution in [0.4, 0.5) is 5.69 Å². The van der Waals surface area contributed by atoms with Crippen LogP contribution in [0.1, 0.15) is 16.1 Å². The van der Waals surface area contributed by atoms with Crippen molar-refractivity contribution in [2.45, 2.75) is 6.61 Å². The molecule has 1 aromatic heterocycles. The molecule has 0 aliphatic rings. The predicted octanol–water partition coefficient (Wildman–Crippen LogP) is 3.55. The Bertz CT molecular complexity index is 580. The quantitative estimate of drug-likeness (QED) is 0.648. The van der Waals surface area contributed by atoms with Gasteiger partial charge in [-0.3, -0.25) is 4.98 Å². The maximum absolute atomic E-state index is 11.9. The summed E-state index contributed by atoms with van der Waals surface area (Å²) < 4.78 is 6.79. The van der Waals surface area contributed by atoms with Crippen LogP contribution < -0.4 is 5.73 Å². The van der Waals surface area contributed by atoms with Gasteiger partial charge in [0.15, 0.2) is 0 Å². The first-order valence-corrected chi connectivity index (χ1v) is 6.97. The van der Waals surface area contributed by atoms with E-state index in [2.05, 4.69) is 36.8 Å². The molecule has 6 heteroatoms. The van der Waals surface area contributed by atoms with Gasteiger partial charge in [-0.2, -0.15) is 0 Å². The van der Waals surface area contributed by atoms with Crippen molar-refractivity contribution < 1.29 is 9.53 Å². The van der Waals surface area contributed by atoms with Crippen molar-refractivity contribution in [2.24, 2.45) is 0 Å². The highest BCUT2D eigenvalue weighted by atomic mass is 79.9. The molecule has 2 N–H and O–H groups in total. The minimum absolute atomic E-state index is 0.124. The summed E-state index contributed by atoms with van der Waals surface area (Å²) in [5.74, 6) is -0.433. The summed E-state index contributed by atoms with van der Waals surface area (Å²) in [5, 5.41) is 0. The van der Waals surface area contributed by atoms with Gasteiger partial charge >= 0.3 is 5.97 Å². The Kier molecular flexibility index (Phi) is 4.55. The number of ether oxygens (including phenoxy) is 1. The first-order valence-electron chi connectivity index (χ1n) is 5.38. The molecule has 98 valence electrons. The van der Waals surface area contributed by atoms with Crippen molar-refractivity contribution in [3.63, 3.8) is 0 Å². The van der Waals surface area contributed by atoms with Crippen LogP contribution in [0.3, 0.4) is 0 Å². The van der Waals surface area contributed by atoms with Gasteiger partial charge in [0.2, 0.25) is 0 Å². The SMILES string of the molecule is Nc1cc(Br)cc(C(=O)OCc2ccc(Br)cn2)c1. The van der Waals surface area contributed by atoms with Crippen LogP contribution >= 0.6 is 31.9 Å². The fourth-order valence-corrected chi connectivity index (χ4v) is 2.19. The number of carbonyl (C=O) groups excluding carboxylic acids is 1. The van der Waals surface area contributed by atoms with Gasteiger partial charge in [-0.25, -0.2) is 4.79 Å². The van der Waals surface area contributed by atoms with Gasteiger partial charge in [-0.1, -0.05) is 15.9 Å². The summed E-state index contributed by atoms with van der Waals surface area (Å²) in [5.41, 5.74) is 7.26. The zero-order valence-electron chi connectivity index (χ0n) is 9.77. The van der Waals surface area contributed by atoms with Crippen LogP contribution in [0.25, 0.3) is 0 Å². The largest absolute Gasteiger partial charge is 0.456 e. The smallest absolute Gasteiger partial charge is 0.338 e. The molecule has 0 unspecified atom stereocenters. The summed E-state index contributed by atoms with van der Waals surface area (Å²) in [7, 11) is 0. The molecule has 4 nitrogen and oxygen atoms in total. The van der Waals surface area contributed by atoms with Crippen molar-refractivity contribution in [1.82, 2.24) is 4.98 Å². The summed E-state index contributed by atoms with van der Waals surface area (Å²) in [6.07, 6.45) is 1.65.